The molecule has 1 aromatic carbocycles. The minimum absolute atomic E-state index is 0.316. The van der Waals surface area contributed by atoms with Gasteiger partial charge >= 0.3 is 0 Å². The summed E-state index contributed by atoms with van der Waals surface area (Å²) >= 11 is 3.33. The van der Waals surface area contributed by atoms with Gasteiger partial charge in [-0.15, -0.1) is 0 Å². The van der Waals surface area contributed by atoms with Gasteiger partial charge in [0.2, 0.25) is 0 Å². The summed E-state index contributed by atoms with van der Waals surface area (Å²) in [5.41, 5.74) is 0.830. The predicted molar refractivity (Wildman–Crippen MR) is 75.7 cm³/mol. The standard InChI is InChI=1S/C14H16BrFN2O/c1-3-10(2)18-7-6-12(17-18)9-19-14-8-11(16)4-5-13(14)15/h4-8,10H,3,9H2,1-2H3. The minimum atomic E-state index is -0.316. The van der Waals surface area contributed by atoms with Crippen molar-refractivity contribution in [3.8, 4) is 5.75 Å². The van der Waals surface area contributed by atoms with Crippen molar-refractivity contribution in [3.63, 3.8) is 0 Å². The van der Waals surface area contributed by atoms with E-state index in [0.29, 0.717) is 18.4 Å². The van der Waals surface area contributed by atoms with Crippen LogP contribution >= 0.6 is 15.9 Å². The van der Waals surface area contributed by atoms with Crippen LogP contribution in [-0.2, 0) is 6.61 Å². The molecule has 0 aliphatic carbocycles. The molecule has 0 fully saturated rings. The molecular formula is C14H16BrFN2O. The third-order valence-electron chi connectivity index (χ3n) is 2.97. The molecule has 0 amide bonds. The first-order valence-corrected chi connectivity index (χ1v) is 7.01. The first kappa shape index (κ1) is 14.1. The summed E-state index contributed by atoms with van der Waals surface area (Å²) in [5.74, 6) is 0.168. The summed E-state index contributed by atoms with van der Waals surface area (Å²) < 4.78 is 21.3. The van der Waals surface area contributed by atoms with Gasteiger partial charge in [0.1, 0.15) is 18.2 Å². The first-order valence-electron chi connectivity index (χ1n) is 6.22. The molecule has 1 heterocycles. The summed E-state index contributed by atoms with van der Waals surface area (Å²) in [6, 6.07) is 6.65. The molecule has 1 aromatic heterocycles. The third kappa shape index (κ3) is 3.56. The van der Waals surface area contributed by atoms with Crippen molar-refractivity contribution in [2.45, 2.75) is 32.9 Å². The predicted octanol–water partition coefficient (Wildman–Crippen LogP) is 4.33. The third-order valence-corrected chi connectivity index (χ3v) is 3.63. The van der Waals surface area contributed by atoms with Crippen LogP contribution in [0.3, 0.4) is 0 Å². The number of rotatable bonds is 5. The van der Waals surface area contributed by atoms with Crippen LogP contribution in [0.25, 0.3) is 0 Å². The van der Waals surface area contributed by atoms with Crippen LogP contribution in [0.4, 0.5) is 4.39 Å². The second-order valence-corrected chi connectivity index (χ2v) is 5.26. The van der Waals surface area contributed by atoms with E-state index in [9.17, 15) is 4.39 Å². The number of hydrogen-bond acceptors (Lipinski definition) is 2. The molecule has 0 bridgehead atoms. The molecule has 5 heteroatoms. The van der Waals surface area contributed by atoms with E-state index in [0.717, 1.165) is 16.6 Å². The molecule has 0 N–H and O–H groups in total. The molecule has 102 valence electrons. The Balaban J connectivity index is 2.02. The SMILES string of the molecule is CCC(C)n1ccc(COc2cc(F)ccc2Br)n1. The van der Waals surface area contributed by atoms with Crippen LogP contribution < -0.4 is 4.74 Å². The highest BCUT2D eigenvalue weighted by atomic mass is 79.9. The first-order chi connectivity index (χ1) is 9.10. The van der Waals surface area contributed by atoms with Crippen molar-refractivity contribution < 1.29 is 9.13 Å². The fraction of sp³-hybridized carbons (Fsp3) is 0.357. The highest BCUT2D eigenvalue weighted by Crippen LogP contribution is 2.26. The lowest BCUT2D eigenvalue weighted by Crippen LogP contribution is -2.05. The average Bonchev–Trinajstić information content (AvgIpc) is 2.88. The van der Waals surface area contributed by atoms with Gasteiger partial charge in [-0.25, -0.2) is 4.39 Å². The van der Waals surface area contributed by atoms with Gasteiger partial charge < -0.3 is 4.74 Å². The largest absolute Gasteiger partial charge is 0.486 e. The van der Waals surface area contributed by atoms with E-state index in [1.807, 2.05) is 16.9 Å². The Bertz CT molecular complexity index is 556. The smallest absolute Gasteiger partial charge is 0.136 e. The fourth-order valence-electron chi connectivity index (χ4n) is 1.63. The molecule has 0 radical (unpaired) electrons. The van der Waals surface area contributed by atoms with Crippen LogP contribution in [0.1, 0.15) is 32.0 Å². The maximum absolute atomic E-state index is 13.1. The number of hydrogen-bond donors (Lipinski definition) is 0. The van der Waals surface area contributed by atoms with Crippen molar-refractivity contribution in [2.24, 2.45) is 0 Å². The zero-order chi connectivity index (χ0) is 13.8. The molecule has 2 aromatic rings. The molecule has 2 rings (SSSR count). The lowest BCUT2D eigenvalue weighted by Gasteiger charge is -2.09. The van der Waals surface area contributed by atoms with Gasteiger partial charge in [-0.2, -0.15) is 5.10 Å². The van der Waals surface area contributed by atoms with E-state index in [1.54, 1.807) is 6.07 Å². The molecule has 1 unspecified atom stereocenters. The fourth-order valence-corrected chi connectivity index (χ4v) is 1.99. The maximum Gasteiger partial charge on any atom is 0.136 e. The van der Waals surface area contributed by atoms with E-state index in [1.165, 1.54) is 12.1 Å². The Morgan fingerprint density at radius 1 is 1.42 bits per heavy atom. The highest BCUT2D eigenvalue weighted by molar-refractivity contribution is 9.10. The second-order valence-electron chi connectivity index (χ2n) is 4.41. The second kappa shape index (κ2) is 6.19. The van der Waals surface area contributed by atoms with E-state index in [4.69, 9.17) is 4.74 Å². The van der Waals surface area contributed by atoms with E-state index < -0.39 is 0 Å². The van der Waals surface area contributed by atoms with Crippen molar-refractivity contribution in [1.29, 1.82) is 0 Å². The summed E-state index contributed by atoms with van der Waals surface area (Å²) in [4.78, 5) is 0. The van der Waals surface area contributed by atoms with Crippen molar-refractivity contribution in [1.82, 2.24) is 9.78 Å². The maximum atomic E-state index is 13.1. The lowest BCUT2D eigenvalue weighted by molar-refractivity contribution is 0.294. The Hall–Kier alpha value is -1.36. The van der Waals surface area contributed by atoms with Crippen molar-refractivity contribution in [3.05, 3.63) is 46.4 Å². The summed E-state index contributed by atoms with van der Waals surface area (Å²) in [6.07, 6.45) is 2.96. The molecule has 3 nitrogen and oxygen atoms in total. The number of aromatic nitrogens is 2. The molecule has 0 saturated heterocycles. The summed E-state index contributed by atoms with van der Waals surface area (Å²) in [7, 11) is 0. The quantitative estimate of drug-likeness (QED) is 0.817. The summed E-state index contributed by atoms with van der Waals surface area (Å²) in [5, 5.41) is 4.43. The molecule has 0 spiro atoms. The lowest BCUT2D eigenvalue weighted by atomic mass is 10.3. The van der Waals surface area contributed by atoms with Gasteiger partial charge in [0.15, 0.2) is 0 Å². The molecule has 1 atom stereocenters. The van der Waals surface area contributed by atoms with E-state index in [-0.39, 0.29) is 5.82 Å². The van der Waals surface area contributed by atoms with Crippen molar-refractivity contribution in [2.75, 3.05) is 0 Å². The van der Waals surface area contributed by atoms with Crippen molar-refractivity contribution >= 4 is 15.9 Å². The molecule has 0 aliphatic rings. The van der Waals surface area contributed by atoms with E-state index in [2.05, 4.69) is 34.9 Å². The number of benzene rings is 1. The molecular weight excluding hydrogens is 311 g/mol. The van der Waals surface area contributed by atoms with Crippen LogP contribution in [0.2, 0.25) is 0 Å². The zero-order valence-corrected chi connectivity index (χ0v) is 12.5. The van der Waals surface area contributed by atoms with Gasteiger partial charge in [-0.05, 0) is 47.5 Å². The van der Waals surface area contributed by atoms with Gasteiger partial charge in [0, 0.05) is 18.3 Å². The minimum Gasteiger partial charge on any atom is -0.486 e. The molecule has 0 saturated carbocycles. The average molecular weight is 327 g/mol. The Kier molecular flexibility index (Phi) is 4.58. The van der Waals surface area contributed by atoms with Gasteiger partial charge in [0.05, 0.1) is 10.2 Å². The zero-order valence-electron chi connectivity index (χ0n) is 10.9. The molecule has 19 heavy (non-hydrogen) atoms. The van der Waals surface area contributed by atoms with E-state index >= 15 is 0 Å². The Morgan fingerprint density at radius 3 is 2.95 bits per heavy atom. The monoisotopic (exact) mass is 326 g/mol. The van der Waals surface area contributed by atoms with Crippen LogP contribution in [-0.4, -0.2) is 9.78 Å². The normalized spacial score (nSPS) is 12.4. The van der Waals surface area contributed by atoms with Crippen LogP contribution in [0.15, 0.2) is 34.9 Å². The Labute approximate surface area is 120 Å². The summed E-state index contributed by atoms with van der Waals surface area (Å²) in [6.45, 7) is 4.55. The van der Waals surface area contributed by atoms with Crippen LogP contribution in [0, 0.1) is 5.82 Å². The Morgan fingerprint density at radius 2 is 2.21 bits per heavy atom. The van der Waals surface area contributed by atoms with Crippen LogP contribution in [0.5, 0.6) is 5.75 Å². The van der Waals surface area contributed by atoms with Gasteiger partial charge in [-0.3, -0.25) is 4.68 Å². The van der Waals surface area contributed by atoms with Gasteiger partial charge in [0.25, 0.3) is 0 Å². The highest BCUT2D eigenvalue weighted by Gasteiger charge is 2.07. The number of halogens is 2. The van der Waals surface area contributed by atoms with Gasteiger partial charge in [-0.1, -0.05) is 6.92 Å². The molecule has 0 aliphatic heterocycles. The number of nitrogens with zero attached hydrogens (tertiary/aromatic N) is 2. The topological polar surface area (TPSA) is 27.1 Å². The number of ether oxygens (including phenoxy) is 1.